The van der Waals surface area contributed by atoms with E-state index in [0.29, 0.717) is 15.2 Å². The Balaban J connectivity index is 2.89. The summed E-state index contributed by atoms with van der Waals surface area (Å²) in [5.41, 5.74) is -3.68. The van der Waals surface area contributed by atoms with Crippen molar-refractivity contribution < 1.29 is 22.7 Å². The molecule has 0 saturated heterocycles. The normalized spacial score (nSPS) is 11.3. The minimum atomic E-state index is -4.88. The molecule has 0 aliphatic rings. The zero-order chi connectivity index (χ0) is 20.5. The maximum absolute atomic E-state index is 13.0. The van der Waals surface area contributed by atoms with Gasteiger partial charge in [-0.25, -0.2) is 9.36 Å². The summed E-state index contributed by atoms with van der Waals surface area (Å²) in [6.45, 7) is 4.68. The quantitative estimate of drug-likeness (QED) is 0.448. The number of carbonyl (C=O) groups is 1. The molecular weight excluding hydrogens is 389 g/mol. The van der Waals surface area contributed by atoms with Gasteiger partial charge < -0.3 is 4.74 Å². The number of ether oxygens (including phenoxy) is 1. The van der Waals surface area contributed by atoms with Gasteiger partial charge in [0.05, 0.1) is 10.7 Å². The number of esters is 1. The van der Waals surface area contributed by atoms with Gasteiger partial charge in [0.15, 0.2) is 5.75 Å². The Kier molecular flexibility index (Phi) is 5.65. The van der Waals surface area contributed by atoms with Crippen LogP contribution in [0, 0.1) is 0 Å². The van der Waals surface area contributed by atoms with Gasteiger partial charge in [-0.15, -0.1) is 6.58 Å². The summed E-state index contributed by atoms with van der Waals surface area (Å²) in [5, 5.41) is 0.0302. The van der Waals surface area contributed by atoms with E-state index in [-0.39, 0.29) is 28.4 Å². The summed E-state index contributed by atoms with van der Waals surface area (Å²) < 4.78 is 44.9. The maximum atomic E-state index is 13.0. The topological polar surface area (TPSA) is 70.3 Å². The number of hydrogen-bond acceptors (Lipinski definition) is 4. The fraction of sp³-hybridized carbons (Fsp3) is 0.235. The highest BCUT2D eigenvalue weighted by Gasteiger charge is 2.35. The van der Waals surface area contributed by atoms with Crippen LogP contribution in [0.1, 0.15) is 18.2 Å². The Morgan fingerprint density at radius 3 is 2.48 bits per heavy atom. The lowest BCUT2D eigenvalue weighted by molar-refractivity contribution is -0.144. The van der Waals surface area contributed by atoms with Crippen molar-refractivity contribution in [1.82, 2.24) is 9.13 Å². The van der Waals surface area contributed by atoms with Crippen LogP contribution in [0.25, 0.3) is 5.69 Å². The highest BCUT2D eigenvalue weighted by molar-refractivity contribution is 6.32. The highest BCUT2D eigenvalue weighted by Crippen LogP contribution is 2.34. The molecule has 0 aliphatic heterocycles. The van der Waals surface area contributed by atoms with Crippen molar-refractivity contribution >= 4 is 17.6 Å². The molecule has 0 saturated carbocycles. The third-order valence-corrected chi connectivity index (χ3v) is 3.93. The molecule has 2 rings (SSSR count). The minimum Gasteiger partial charge on any atom is -0.425 e. The van der Waals surface area contributed by atoms with Crippen LogP contribution in [0.2, 0.25) is 5.02 Å². The van der Waals surface area contributed by atoms with Crippen LogP contribution in [0.15, 0.2) is 40.4 Å². The van der Waals surface area contributed by atoms with E-state index >= 15 is 0 Å². The molecule has 2 aromatic rings. The molecule has 1 aromatic carbocycles. The predicted octanol–water partition coefficient (Wildman–Crippen LogP) is 2.86. The van der Waals surface area contributed by atoms with Crippen LogP contribution in [0.3, 0.4) is 0 Å². The van der Waals surface area contributed by atoms with E-state index in [1.165, 1.54) is 18.2 Å². The van der Waals surface area contributed by atoms with Crippen LogP contribution >= 0.6 is 11.6 Å². The monoisotopic (exact) mass is 402 g/mol. The molecule has 1 heterocycles. The van der Waals surface area contributed by atoms with Crippen molar-refractivity contribution in [2.45, 2.75) is 19.5 Å². The smallest absolute Gasteiger partial charge is 0.425 e. The van der Waals surface area contributed by atoms with Gasteiger partial charge in [-0.1, -0.05) is 17.7 Å². The Bertz CT molecular complexity index is 1040. The van der Waals surface area contributed by atoms with Gasteiger partial charge >= 0.3 is 17.8 Å². The number of benzene rings is 1. The molecule has 0 atom stereocenters. The van der Waals surface area contributed by atoms with Gasteiger partial charge in [0.1, 0.15) is 5.69 Å². The van der Waals surface area contributed by atoms with E-state index in [9.17, 15) is 27.6 Å². The van der Waals surface area contributed by atoms with E-state index in [1.807, 2.05) is 0 Å². The van der Waals surface area contributed by atoms with Crippen molar-refractivity contribution in [3.05, 3.63) is 68.0 Å². The van der Waals surface area contributed by atoms with Gasteiger partial charge in [-0.05, 0) is 18.6 Å². The summed E-state index contributed by atoms with van der Waals surface area (Å²) in [6, 6.07) is 2.87. The number of halogens is 4. The maximum Gasteiger partial charge on any atom is 0.431 e. The Morgan fingerprint density at radius 1 is 1.33 bits per heavy atom. The first-order valence-electron chi connectivity index (χ1n) is 7.50. The molecule has 6 nitrogen and oxygen atoms in total. The number of allylic oxidation sites excluding steroid dienone is 1. The Hall–Kier alpha value is -2.81. The average molecular weight is 403 g/mol. The Labute approximate surface area is 156 Å². The van der Waals surface area contributed by atoms with Crippen molar-refractivity contribution in [2.75, 3.05) is 0 Å². The number of alkyl halides is 3. The summed E-state index contributed by atoms with van der Waals surface area (Å²) >= 11 is 6.03. The second kappa shape index (κ2) is 7.43. The number of aromatic nitrogens is 2. The third-order valence-electron chi connectivity index (χ3n) is 3.63. The molecule has 144 valence electrons. The molecule has 27 heavy (non-hydrogen) atoms. The van der Waals surface area contributed by atoms with Gasteiger partial charge in [0.25, 0.3) is 5.56 Å². The summed E-state index contributed by atoms with van der Waals surface area (Å²) in [7, 11) is 0.900. The zero-order valence-corrected chi connectivity index (χ0v) is 15.0. The third kappa shape index (κ3) is 3.97. The predicted molar refractivity (Wildman–Crippen MR) is 92.5 cm³/mol. The highest BCUT2D eigenvalue weighted by atomic mass is 35.5. The molecular formula is C17H14ClF3N2O4. The first-order chi connectivity index (χ1) is 12.5. The molecule has 0 unspecified atom stereocenters. The lowest BCUT2D eigenvalue weighted by atomic mass is 10.1. The minimum absolute atomic E-state index is 0.0302. The molecule has 0 N–H and O–H groups in total. The molecule has 0 aliphatic carbocycles. The number of rotatable bonds is 4. The number of nitrogens with zero attached hydrogens (tertiary/aromatic N) is 2. The first kappa shape index (κ1) is 20.5. The average Bonchev–Trinajstić information content (AvgIpc) is 2.55. The molecule has 0 amide bonds. The lowest BCUT2D eigenvalue weighted by Crippen LogP contribution is -2.41. The second-order valence-electron chi connectivity index (χ2n) is 5.50. The van der Waals surface area contributed by atoms with Gasteiger partial charge in [0.2, 0.25) is 0 Å². The van der Waals surface area contributed by atoms with Crippen molar-refractivity contribution in [1.29, 1.82) is 0 Å². The molecule has 0 bridgehead atoms. The van der Waals surface area contributed by atoms with Crippen molar-refractivity contribution in [3.8, 4) is 11.4 Å². The van der Waals surface area contributed by atoms with Crippen LogP contribution in [-0.2, 0) is 24.4 Å². The molecule has 1 aromatic heterocycles. The van der Waals surface area contributed by atoms with Crippen LogP contribution in [0.5, 0.6) is 5.75 Å². The zero-order valence-electron chi connectivity index (χ0n) is 14.3. The summed E-state index contributed by atoms with van der Waals surface area (Å²) in [5.74, 6) is -0.803. The van der Waals surface area contributed by atoms with E-state index in [2.05, 4.69) is 6.58 Å². The fourth-order valence-corrected chi connectivity index (χ4v) is 2.73. The van der Waals surface area contributed by atoms with Gasteiger partial charge in [-0.2, -0.15) is 13.2 Å². The standard InChI is InChI=1S/C17H14ClF3N2O4/c1-4-5-10-12(7-6-11(18)15(10)27-9(2)24)23-14(25)8-13(17(19,20)21)22(3)16(23)26/h4,6-8H,1,5H2,2-3H3. The molecule has 0 radical (unpaired) electrons. The van der Waals surface area contributed by atoms with Crippen LogP contribution < -0.4 is 16.0 Å². The van der Waals surface area contributed by atoms with Crippen LogP contribution in [0.4, 0.5) is 13.2 Å². The summed E-state index contributed by atoms with van der Waals surface area (Å²) in [4.78, 5) is 36.2. The fourth-order valence-electron chi connectivity index (χ4n) is 2.51. The second-order valence-corrected chi connectivity index (χ2v) is 5.91. The number of carbonyl (C=O) groups excluding carboxylic acids is 1. The Morgan fingerprint density at radius 2 is 1.96 bits per heavy atom. The van der Waals surface area contributed by atoms with E-state index in [1.54, 1.807) is 0 Å². The van der Waals surface area contributed by atoms with Crippen molar-refractivity contribution in [2.24, 2.45) is 7.05 Å². The largest absolute Gasteiger partial charge is 0.431 e. The molecule has 0 fully saturated rings. The summed E-state index contributed by atoms with van der Waals surface area (Å²) in [6.07, 6.45) is -3.43. The first-order valence-corrected chi connectivity index (χ1v) is 7.88. The van der Waals surface area contributed by atoms with Gasteiger partial charge in [-0.3, -0.25) is 14.2 Å². The van der Waals surface area contributed by atoms with Gasteiger partial charge in [0, 0.05) is 25.6 Å². The van der Waals surface area contributed by atoms with E-state index < -0.39 is 29.1 Å². The lowest BCUT2D eigenvalue weighted by Gasteiger charge is -2.18. The molecule has 10 heteroatoms. The van der Waals surface area contributed by atoms with E-state index in [0.717, 1.165) is 14.0 Å². The van der Waals surface area contributed by atoms with E-state index in [4.69, 9.17) is 16.3 Å². The SMILES string of the molecule is C=CCc1c(-n2c(=O)cc(C(F)(F)F)n(C)c2=O)ccc(Cl)c1OC(C)=O. The molecule has 0 spiro atoms. The van der Waals surface area contributed by atoms with Crippen LogP contribution in [-0.4, -0.2) is 15.1 Å². The van der Waals surface area contributed by atoms with Crippen molar-refractivity contribution in [3.63, 3.8) is 0 Å². The number of hydrogen-bond donors (Lipinski definition) is 0.